The van der Waals surface area contributed by atoms with Gasteiger partial charge in [-0.3, -0.25) is 30.2 Å². The van der Waals surface area contributed by atoms with Crippen molar-refractivity contribution in [2.45, 2.75) is 51.6 Å². The van der Waals surface area contributed by atoms with E-state index in [-0.39, 0.29) is 39.0 Å². The molecular formula is C34H32Cl2N4O5. The number of halogens is 2. The fourth-order valence-electron chi connectivity index (χ4n) is 6.15. The Hall–Kier alpha value is -4.34. The van der Waals surface area contributed by atoms with E-state index in [4.69, 9.17) is 33.2 Å². The molecule has 0 saturated carbocycles. The minimum absolute atomic E-state index is 0.0409. The fourth-order valence-corrected chi connectivity index (χ4v) is 6.72. The summed E-state index contributed by atoms with van der Waals surface area (Å²) >= 11 is 13.0. The van der Waals surface area contributed by atoms with E-state index in [0.29, 0.717) is 33.4 Å². The minimum Gasteiger partial charge on any atom is -0.507 e. The lowest BCUT2D eigenvalue weighted by atomic mass is 9.72. The molecular weight excluding hydrogens is 615 g/mol. The summed E-state index contributed by atoms with van der Waals surface area (Å²) in [6.45, 7) is 8.23. The van der Waals surface area contributed by atoms with E-state index in [2.05, 4.69) is 27.7 Å². The van der Waals surface area contributed by atoms with Crippen LogP contribution in [0, 0.1) is 32.1 Å². The van der Waals surface area contributed by atoms with Crippen LogP contribution in [0.3, 0.4) is 0 Å². The molecule has 45 heavy (non-hydrogen) atoms. The van der Waals surface area contributed by atoms with E-state index in [9.17, 15) is 25.3 Å². The summed E-state index contributed by atoms with van der Waals surface area (Å²) in [4.78, 5) is 31.5. The van der Waals surface area contributed by atoms with Crippen molar-refractivity contribution in [1.29, 1.82) is 0 Å². The largest absolute Gasteiger partial charge is 0.507 e. The van der Waals surface area contributed by atoms with Gasteiger partial charge in [-0.2, -0.15) is 0 Å². The number of allylic oxidation sites excluding steroid dienone is 2. The molecule has 9 nitrogen and oxygen atoms in total. The van der Waals surface area contributed by atoms with Crippen molar-refractivity contribution in [2.24, 2.45) is 21.8 Å². The molecule has 1 N–H and O–H groups in total. The number of phenols is 1. The molecule has 3 aromatic carbocycles. The van der Waals surface area contributed by atoms with Crippen molar-refractivity contribution in [3.63, 3.8) is 0 Å². The number of benzene rings is 3. The van der Waals surface area contributed by atoms with E-state index < -0.39 is 20.9 Å². The van der Waals surface area contributed by atoms with Crippen LogP contribution in [0.4, 0.5) is 11.4 Å². The van der Waals surface area contributed by atoms with Gasteiger partial charge in [0.05, 0.1) is 19.9 Å². The van der Waals surface area contributed by atoms with Crippen LogP contribution in [0.25, 0.3) is 11.1 Å². The number of hydrogen-bond acceptors (Lipinski definition) is 7. The van der Waals surface area contributed by atoms with E-state index in [1.807, 2.05) is 30.4 Å². The van der Waals surface area contributed by atoms with Gasteiger partial charge in [0.2, 0.25) is 0 Å². The molecule has 11 heteroatoms. The van der Waals surface area contributed by atoms with Crippen molar-refractivity contribution in [2.75, 3.05) is 0 Å². The van der Waals surface area contributed by atoms with Crippen LogP contribution < -0.4 is 0 Å². The molecule has 4 unspecified atom stereocenters. The topological polar surface area (TPSA) is 131 Å². The molecule has 0 saturated heterocycles. The van der Waals surface area contributed by atoms with Crippen molar-refractivity contribution < 1.29 is 15.0 Å². The smallest absolute Gasteiger partial charge is 0.270 e. The van der Waals surface area contributed by atoms with Gasteiger partial charge in [0, 0.05) is 58.9 Å². The highest BCUT2D eigenvalue weighted by atomic mass is 35.5. The monoisotopic (exact) mass is 646 g/mol. The summed E-state index contributed by atoms with van der Waals surface area (Å²) < 4.78 is 0. The van der Waals surface area contributed by atoms with Gasteiger partial charge in [-0.15, -0.1) is 0 Å². The highest BCUT2D eigenvalue weighted by Gasteiger charge is 2.45. The van der Waals surface area contributed by atoms with Crippen LogP contribution in [0.1, 0.15) is 62.8 Å². The van der Waals surface area contributed by atoms with Crippen molar-refractivity contribution in [3.8, 4) is 5.75 Å². The van der Waals surface area contributed by atoms with Crippen LogP contribution >= 0.6 is 23.2 Å². The Morgan fingerprint density at radius 2 is 1.16 bits per heavy atom. The maximum Gasteiger partial charge on any atom is 0.270 e. The standard InChI is InChI=1S/C34H32Cl2N4O5/c1-5-20(3)33(16-22(18-37-33)26-12-10-24(39(42)43)14-30(26)35)28-8-7-9-29(32(28)41)34(21(4)6-2)17-23(19-38-34)27-13-11-25(40(44)45)15-31(27)36/h7-21,41H,5-6H2,1-4H3. The Kier molecular flexibility index (Phi) is 8.70. The number of rotatable bonds is 10. The molecule has 5 rings (SSSR count). The van der Waals surface area contributed by atoms with E-state index >= 15 is 0 Å². The van der Waals surface area contributed by atoms with Gasteiger partial charge in [0.25, 0.3) is 11.4 Å². The average Bonchev–Trinajstić information content (AvgIpc) is 3.67. The maximum absolute atomic E-state index is 12.1. The number of para-hydroxylation sites is 1. The number of non-ortho nitro benzene ring substituents is 2. The van der Waals surface area contributed by atoms with Crippen LogP contribution in [0.2, 0.25) is 10.0 Å². The molecule has 0 amide bonds. The number of hydrogen-bond donors (Lipinski definition) is 1. The Bertz CT molecular complexity index is 1710. The van der Waals surface area contributed by atoms with Gasteiger partial charge in [-0.05, 0) is 47.3 Å². The maximum atomic E-state index is 12.1. The highest BCUT2D eigenvalue weighted by Crippen LogP contribution is 2.52. The summed E-state index contributed by atoms with van der Waals surface area (Å²) in [7, 11) is 0. The molecule has 0 radical (unpaired) electrons. The second-order valence-electron chi connectivity index (χ2n) is 11.5. The Labute approximate surface area is 270 Å². The van der Waals surface area contributed by atoms with Gasteiger partial charge in [-0.1, -0.05) is 81.9 Å². The summed E-state index contributed by atoms with van der Waals surface area (Å²) in [6, 6.07) is 14.3. The third-order valence-corrected chi connectivity index (χ3v) is 9.79. The van der Waals surface area contributed by atoms with E-state index in [0.717, 1.165) is 12.8 Å². The van der Waals surface area contributed by atoms with Crippen molar-refractivity contribution in [1.82, 2.24) is 0 Å². The third kappa shape index (κ3) is 5.44. The molecule has 0 spiro atoms. The first kappa shape index (κ1) is 32.1. The molecule has 2 heterocycles. The molecule has 3 aromatic rings. The first-order valence-electron chi connectivity index (χ1n) is 14.7. The zero-order valence-electron chi connectivity index (χ0n) is 25.2. The van der Waals surface area contributed by atoms with Crippen LogP contribution in [0.15, 0.2) is 76.7 Å². The number of nitro benzene ring substituents is 2. The first-order chi connectivity index (χ1) is 21.4. The second kappa shape index (κ2) is 12.2. The number of nitro groups is 2. The summed E-state index contributed by atoms with van der Waals surface area (Å²) in [5, 5.41) is 35.1. The van der Waals surface area contributed by atoms with Crippen molar-refractivity contribution >= 4 is 58.2 Å². The van der Waals surface area contributed by atoms with E-state index in [1.54, 1.807) is 24.6 Å². The predicted molar refractivity (Wildman–Crippen MR) is 180 cm³/mol. The van der Waals surface area contributed by atoms with Gasteiger partial charge in [0.1, 0.15) is 16.8 Å². The Morgan fingerprint density at radius 1 is 0.756 bits per heavy atom. The number of aromatic hydroxyl groups is 1. The second-order valence-corrected chi connectivity index (χ2v) is 12.3. The highest BCUT2D eigenvalue weighted by molar-refractivity contribution is 6.35. The van der Waals surface area contributed by atoms with Crippen LogP contribution in [-0.4, -0.2) is 27.4 Å². The van der Waals surface area contributed by atoms with Crippen LogP contribution in [-0.2, 0) is 11.1 Å². The molecule has 0 aliphatic carbocycles. The zero-order valence-corrected chi connectivity index (χ0v) is 26.7. The van der Waals surface area contributed by atoms with Gasteiger partial charge in [0.15, 0.2) is 0 Å². The lowest BCUT2D eigenvalue weighted by molar-refractivity contribution is -0.385. The summed E-state index contributed by atoms with van der Waals surface area (Å²) in [6.07, 6.45) is 8.85. The summed E-state index contributed by atoms with van der Waals surface area (Å²) in [5.41, 5.74) is 1.73. The molecule has 0 bridgehead atoms. The normalized spacial score (nSPS) is 21.8. The number of nitrogens with zero attached hydrogens (tertiary/aromatic N) is 4. The molecule has 0 aromatic heterocycles. The summed E-state index contributed by atoms with van der Waals surface area (Å²) in [5.74, 6) is -0.0197. The predicted octanol–water partition coefficient (Wildman–Crippen LogP) is 9.33. The molecule has 232 valence electrons. The molecule has 2 aliphatic rings. The zero-order chi connectivity index (χ0) is 32.7. The minimum atomic E-state index is -0.942. The van der Waals surface area contributed by atoms with Gasteiger partial charge >= 0.3 is 0 Å². The first-order valence-corrected chi connectivity index (χ1v) is 15.4. The van der Waals surface area contributed by atoms with Crippen molar-refractivity contribution in [3.05, 3.63) is 119 Å². The number of phenolic OH excluding ortho intramolecular Hbond substituents is 1. The lowest BCUT2D eigenvalue weighted by Crippen LogP contribution is -2.31. The molecule has 4 atom stereocenters. The van der Waals surface area contributed by atoms with Gasteiger partial charge in [-0.25, -0.2) is 0 Å². The fraction of sp³-hybridized carbons (Fsp3) is 0.294. The molecule has 0 fully saturated rings. The lowest BCUT2D eigenvalue weighted by Gasteiger charge is -2.36. The SMILES string of the molecule is CCC(C)C1(c2cccc(C3(C(C)CC)C=C(c4ccc([N+](=O)[O-])cc4Cl)C=N3)c2O)C=C(c2ccc([N+](=O)[O-])cc2Cl)C=N1. The Morgan fingerprint density at radius 3 is 1.49 bits per heavy atom. The van der Waals surface area contributed by atoms with Gasteiger partial charge < -0.3 is 5.11 Å². The third-order valence-electron chi connectivity index (χ3n) is 9.16. The van der Waals surface area contributed by atoms with E-state index in [1.165, 1.54) is 24.3 Å². The van der Waals surface area contributed by atoms with Crippen LogP contribution in [0.5, 0.6) is 5.75 Å². The average molecular weight is 648 g/mol. The molecule has 2 aliphatic heterocycles. The number of aliphatic imine (C=N–C) groups is 2. The Balaban J connectivity index is 1.65. The quantitative estimate of drug-likeness (QED) is 0.173.